The quantitative estimate of drug-likeness (QED) is 0.410. The van der Waals surface area contributed by atoms with E-state index in [0.29, 0.717) is 11.3 Å². The number of esters is 1. The van der Waals surface area contributed by atoms with Crippen molar-refractivity contribution in [2.24, 2.45) is 16.5 Å². The van der Waals surface area contributed by atoms with Crippen molar-refractivity contribution in [1.29, 1.82) is 5.41 Å². The second-order valence-electron chi connectivity index (χ2n) is 2.90. The van der Waals surface area contributed by atoms with E-state index in [1.165, 1.54) is 13.4 Å². The third kappa shape index (κ3) is 3.83. The largest absolute Gasteiger partial charge is 0.463 e. The molecule has 0 aliphatic heterocycles. The summed E-state index contributed by atoms with van der Waals surface area (Å²) in [5.41, 5.74) is 10.9. The maximum absolute atomic E-state index is 11.3. The van der Waals surface area contributed by atoms with E-state index in [1.807, 2.05) is 0 Å². The highest BCUT2D eigenvalue weighted by Gasteiger charge is 2.16. The van der Waals surface area contributed by atoms with Crippen molar-refractivity contribution in [2.75, 3.05) is 7.11 Å². The Bertz CT molecular complexity index is 451. The minimum absolute atomic E-state index is 0.0398. The van der Waals surface area contributed by atoms with Gasteiger partial charge in [-0.3, -0.25) is 5.41 Å². The second kappa shape index (κ2) is 5.94. The van der Waals surface area contributed by atoms with Gasteiger partial charge in [0.1, 0.15) is 0 Å². The standard InChI is InChI=1S/C9H12N4O3S/c1-15-7(14)6-5(2-3-16-6)4-17-9(12)13-8(10)11/h2-3H,4H2,1H3,(H5,10,11,12,13). The summed E-state index contributed by atoms with van der Waals surface area (Å²) in [6, 6.07) is 1.63. The van der Waals surface area contributed by atoms with Crippen LogP contribution in [0.4, 0.5) is 0 Å². The van der Waals surface area contributed by atoms with E-state index >= 15 is 0 Å². The fraction of sp³-hybridized carbons (Fsp3) is 0.222. The van der Waals surface area contributed by atoms with Crippen LogP contribution in [0.25, 0.3) is 0 Å². The van der Waals surface area contributed by atoms with Gasteiger partial charge in [0.25, 0.3) is 0 Å². The molecule has 1 rings (SSSR count). The van der Waals surface area contributed by atoms with Gasteiger partial charge in [0.15, 0.2) is 11.1 Å². The normalized spacial score (nSPS) is 9.71. The highest BCUT2D eigenvalue weighted by atomic mass is 32.2. The number of furan rings is 1. The molecule has 0 aliphatic carbocycles. The molecule has 17 heavy (non-hydrogen) atoms. The van der Waals surface area contributed by atoms with Crippen LogP contribution in [0.5, 0.6) is 0 Å². The van der Waals surface area contributed by atoms with Crippen LogP contribution < -0.4 is 11.5 Å². The summed E-state index contributed by atoms with van der Waals surface area (Å²) in [5.74, 6) is -0.268. The Labute approximate surface area is 102 Å². The molecule has 0 amide bonds. The zero-order valence-corrected chi connectivity index (χ0v) is 9.91. The van der Waals surface area contributed by atoms with Gasteiger partial charge in [-0.2, -0.15) is 4.99 Å². The molecule has 0 saturated heterocycles. The van der Waals surface area contributed by atoms with E-state index < -0.39 is 5.97 Å². The van der Waals surface area contributed by atoms with Gasteiger partial charge >= 0.3 is 5.97 Å². The van der Waals surface area contributed by atoms with Crippen LogP contribution in [0.3, 0.4) is 0 Å². The fourth-order valence-electron chi connectivity index (χ4n) is 1.02. The SMILES string of the molecule is COC(=O)c1occc1CSC(=N)N=C(N)N. The first-order valence-corrected chi connectivity index (χ1v) is 5.48. The number of nitrogens with one attached hydrogen (secondary N) is 1. The highest BCUT2D eigenvalue weighted by Crippen LogP contribution is 2.19. The predicted molar refractivity (Wildman–Crippen MR) is 64.9 cm³/mol. The first-order chi connectivity index (χ1) is 8.04. The molecule has 1 aromatic heterocycles. The van der Waals surface area contributed by atoms with E-state index in [2.05, 4.69) is 9.73 Å². The summed E-state index contributed by atoms with van der Waals surface area (Å²) < 4.78 is 9.53. The third-order valence-corrected chi connectivity index (χ3v) is 2.53. The number of nitrogens with zero attached hydrogens (tertiary/aromatic N) is 1. The third-order valence-electron chi connectivity index (χ3n) is 1.71. The summed E-state index contributed by atoms with van der Waals surface area (Å²) in [6.45, 7) is 0. The molecular formula is C9H12N4O3S. The van der Waals surface area contributed by atoms with Gasteiger partial charge in [-0.25, -0.2) is 4.79 Å². The molecule has 0 saturated carbocycles. The Hall–Kier alpha value is -1.96. The van der Waals surface area contributed by atoms with Crippen LogP contribution in [0.15, 0.2) is 21.7 Å². The monoisotopic (exact) mass is 256 g/mol. The van der Waals surface area contributed by atoms with E-state index in [-0.39, 0.29) is 16.9 Å². The highest BCUT2D eigenvalue weighted by molar-refractivity contribution is 8.13. The lowest BCUT2D eigenvalue weighted by Gasteiger charge is -2.00. The smallest absolute Gasteiger partial charge is 0.374 e. The van der Waals surface area contributed by atoms with Crippen LogP contribution in [-0.4, -0.2) is 24.2 Å². The number of carbonyl (C=O) groups is 1. The summed E-state index contributed by atoms with van der Waals surface area (Å²) in [4.78, 5) is 14.8. The topological polar surface area (TPSA) is 128 Å². The maximum Gasteiger partial charge on any atom is 0.374 e. The number of nitrogens with two attached hydrogens (primary N) is 2. The number of hydrogen-bond donors (Lipinski definition) is 3. The number of aliphatic imine (C=N–C) groups is 1. The molecule has 0 atom stereocenters. The molecule has 0 radical (unpaired) electrons. The van der Waals surface area contributed by atoms with Crippen LogP contribution in [0, 0.1) is 5.41 Å². The van der Waals surface area contributed by atoms with Crippen molar-refractivity contribution in [2.45, 2.75) is 5.75 Å². The molecule has 5 N–H and O–H groups in total. The minimum atomic E-state index is -0.557. The lowest BCUT2D eigenvalue weighted by Crippen LogP contribution is -2.23. The Balaban J connectivity index is 2.64. The number of rotatable bonds is 3. The molecule has 0 fully saturated rings. The Morgan fingerprint density at radius 1 is 1.65 bits per heavy atom. The Morgan fingerprint density at radius 3 is 2.94 bits per heavy atom. The molecule has 0 aliphatic rings. The molecule has 92 valence electrons. The molecule has 0 aromatic carbocycles. The average molecular weight is 256 g/mol. The van der Waals surface area contributed by atoms with Crippen LogP contribution in [0.1, 0.15) is 16.1 Å². The zero-order chi connectivity index (χ0) is 12.8. The lowest BCUT2D eigenvalue weighted by atomic mass is 10.3. The molecule has 1 aromatic rings. The van der Waals surface area contributed by atoms with E-state index in [1.54, 1.807) is 6.07 Å². The number of methoxy groups -OCH3 is 1. The molecule has 8 heteroatoms. The maximum atomic E-state index is 11.3. The van der Waals surface area contributed by atoms with Crippen molar-refractivity contribution < 1.29 is 13.9 Å². The predicted octanol–water partition coefficient (Wildman–Crippen LogP) is 0.508. The fourth-order valence-corrected chi connectivity index (χ4v) is 1.71. The average Bonchev–Trinajstić information content (AvgIpc) is 2.72. The second-order valence-corrected chi connectivity index (χ2v) is 3.86. The molecule has 7 nitrogen and oxygen atoms in total. The number of guanidine groups is 1. The first-order valence-electron chi connectivity index (χ1n) is 4.50. The molecular weight excluding hydrogens is 244 g/mol. The number of hydrogen-bond acceptors (Lipinski definition) is 5. The van der Waals surface area contributed by atoms with Gasteiger partial charge < -0.3 is 20.6 Å². The van der Waals surface area contributed by atoms with Gasteiger partial charge in [-0.15, -0.1) is 0 Å². The van der Waals surface area contributed by atoms with Crippen LogP contribution >= 0.6 is 11.8 Å². The summed E-state index contributed by atoms with van der Waals surface area (Å²) in [5, 5.41) is 7.37. The van der Waals surface area contributed by atoms with Crippen LogP contribution in [0.2, 0.25) is 0 Å². The summed E-state index contributed by atoms with van der Waals surface area (Å²) in [6.07, 6.45) is 1.38. The number of carbonyl (C=O) groups excluding carboxylic acids is 1. The molecule has 0 bridgehead atoms. The zero-order valence-electron chi connectivity index (χ0n) is 9.10. The Morgan fingerprint density at radius 2 is 2.35 bits per heavy atom. The van der Waals surface area contributed by atoms with E-state index in [0.717, 1.165) is 11.8 Å². The minimum Gasteiger partial charge on any atom is -0.463 e. The van der Waals surface area contributed by atoms with E-state index in [4.69, 9.17) is 21.3 Å². The Kier molecular flexibility index (Phi) is 4.58. The van der Waals surface area contributed by atoms with Crippen molar-refractivity contribution in [3.8, 4) is 0 Å². The van der Waals surface area contributed by atoms with Crippen molar-refractivity contribution in [3.05, 3.63) is 23.7 Å². The van der Waals surface area contributed by atoms with E-state index in [9.17, 15) is 4.79 Å². The number of ether oxygens (including phenoxy) is 1. The molecule has 1 heterocycles. The van der Waals surface area contributed by atoms with Gasteiger partial charge in [-0.1, -0.05) is 11.8 Å². The van der Waals surface area contributed by atoms with Crippen molar-refractivity contribution in [3.63, 3.8) is 0 Å². The molecule has 0 spiro atoms. The van der Waals surface area contributed by atoms with Gasteiger partial charge in [0.2, 0.25) is 5.76 Å². The van der Waals surface area contributed by atoms with Crippen molar-refractivity contribution in [1.82, 2.24) is 0 Å². The van der Waals surface area contributed by atoms with Gasteiger partial charge in [-0.05, 0) is 6.07 Å². The first kappa shape index (κ1) is 13.1. The van der Waals surface area contributed by atoms with Gasteiger partial charge in [0.05, 0.1) is 13.4 Å². The molecule has 0 unspecified atom stereocenters. The van der Waals surface area contributed by atoms with Crippen LogP contribution in [-0.2, 0) is 10.5 Å². The summed E-state index contributed by atoms with van der Waals surface area (Å²) >= 11 is 1.07. The summed E-state index contributed by atoms with van der Waals surface area (Å²) in [7, 11) is 1.27. The number of amidine groups is 1. The number of thioether (sulfide) groups is 1. The lowest BCUT2D eigenvalue weighted by molar-refractivity contribution is 0.0564. The van der Waals surface area contributed by atoms with Crippen molar-refractivity contribution >= 4 is 28.9 Å². The van der Waals surface area contributed by atoms with Gasteiger partial charge in [0, 0.05) is 11.3 Å².